The van der Waals surface area contributed by atoms with Gasteiger partial charge in [0.25, 0.3) is 5.91 Å². The first-order valence-corrected chi connectivity index (χ1v) is 8.34. The zero-order valence-corrected chi connectivity index (χ0v) is 13.9. The number of aromatic nitrogens is 1. The Balaban J connectivity index is 1.51. The Morgan fingerprint density at radius 3 is 2.75 bits per heavy atom. The highest BCUT2D eigenvalue weighted by atomic mass is 16.2. The molecule has 4 nitrogen and oxygen atoms in total. The van der Waals surface area contributed by atoms with Crippen LogP contribution in [0.2, 0.25) is 0 Å². The Kier molecular flexibility index (Phi) is 3.53. The number of fused-ring (bicyclic) bond motifs is 1. The molecule has 4 rings (SSSR count). The molecule has 0 saturated carbocycles. The van der Waals surface area contributed by atoms with E-state index in [0.717, 1.165) is 29.2 Å². The van der Waals surface area contributed by atoms with Crippen LogP contribution in [0.4, 0.5) is 0 Å². The second kappa shape index (κ2) is 5.71. The minimum atomic E-state index is -0.100. The molecule has 0 saturated heterocycles. The van der Waals surface area contributed by atoms with E-state index < -0.39 is 0 Å². The lowest BCUT2D eigenvalue weighted by atomic mass is 9.81. The first kappa shape index (κ1) is 14.8. The molecule has 1 heterocycles. The van der Waals surface area contributed by atoms with E-state index in [-0.39, 0.29) is 5.91 Å². The van der Waals surface area contributed by atoms with Crippen molar-refractivity contribution in [2.24, 2.45) is 11.8 Å². The number of nitrogens with one attached hydrogen (secondary N) is 2. The number of aryl methyl sites for hydroxylation is 1. The lowest BCUT2D eigenvalue weighted by Gasteiger charge is -2.30. The number of hydrogen-bond acceptors (Lipinski definition) is 2. The number of allylic oxidation sites excluding steroid dienone is 3. The van der Waals surface area contributed by atoms with Gasteiger partial charge in [-0.15, -0.1) is 0 Å². The van der Waals surface area contributed by atoms with E-state index in [0.29, 0.717) is 17.4 Å². The van der Waals surface area contributed by atoms with Gasteiger partial charge in [0.1, 0.15) is 0 Å². The predicted octanol–water partition coefficient (Wildman–Crippen LogP) is 3.42. The molecule has 4 heteroatoms. The summed E-state index contributed by atoms with van der Waals surface area (Å²) in [6, 6.07) is 12.0. The number of carbonyl (C=O) groups is 1. The van der Waals surface area contributed by atoms with Crippen LogP contribution in [0.3, 0.4) is 0 Å². The molecule has 0 fully saturated rings. The third-order valence-electron chi connectivity index (χ3n) is 4.98. The van der Waals surface area contributed by atoms with Crippen LogP contribution >= 0.6 is 0 Å². The van der Waals surface area contributed by atoms with Crippen molar-refractivity contribution in [3.8, 4) is 5.69 Å². The second-order valence-corrected chi connectivity index (χ2v) is 6.51. The van der Waals surface area contributed by atoms with Gasteiger partial charge in [-0.05, 0) is 44.4 Å². The van der Waals surface area contributed by atoms with Gasteiger partial charge in [-0.3, -0.25) is 10.2 Å². The van der Waals surface area contributed by atoms with Gasteiger partial charge in [-0.25, -0.2) is 0 Å². The van der Waals surface area contributed by atoms with Crippen molar-refractivity contribution in [2.75, 3.05) is 0 Å². The monoisotopic (exact) mass is 319 g/mol. The maximum Gasteiger partial charge on any atom is 0.271 e. The topological polar surface area (TPSA) is 46.1 Å². The molecule has 2 atom stereocenters. The molecule has 2 aliphatic rings. The number of carbonyl (C=O) groups excluding carboxylic acids is 1. The summed E-state index contributed by atoms with van der Waals surface area (Å²) in [5.41, 5.74) is 10.8. The second-order valence-electron chi connectivity index (χ2n) is 6.51. The summed E-state index contributed by atoms with van der Waals surface area (Å²) in [5, 5.41) is 0. The van der Waals surface area contributed by atoms with Crippen molar-refractivity contribution in [1.29, 1.82) is 0 Å². The molecule has 1 aromatic carbocycles. The summed E-state index contributed by atoms with van der Waals surface area (Å²) in [6.45, 7) is 4.00. The number of para-hydroxylation sites is 1. The molecule has 122 valence electrons. The van der Waals surface area contributed by atoms with Gasteiger partial charge in [0, 0.05) is 28.7 Å². The molecule has 2 aromatic rings. The Labute approximate surface area is 141 Å². The molecule has 1 amide bonds. The van der Waals surface area contributed by atoms with Crippen molar-refractivity contribution in [3.63, 3.8) is 0 Å². The van der Waals surface area contributed by atoms with Crippen LogP contribution in [0.5, 0.6) is 0 Å². The van der Waals surface area contributed by atoms with Gasteiger partial charge in [0.15, 0.2) is 0 Å². The van der Waals surface area contributed by atoms with Crippen LogP contribution < -0.4 is 10.9 Å². The molecule has 0 bridgehead atoms. The van der Waals surface area contributed by atoms with Crippen LogP contribution in [0.15, 0.2) is 60.3 Å². The predicted molar refractivity (Wildman–Crippen MR) is 94.7 cm³/mol. The quantitative estimate of drug-likeness (QED) is 0.670. The lowest BCUT2D eigenvalue weighted by molar-refractivity contribution is 0.0935. The lowest BCUT2D eigenvalue weighted by Crippen LogP contribution is -2.42. The SMILES string of the molecule is Cc1cc(C(=O)NNC2=C[C@@H]3CC=C[C@H]23)c(C)n1-c1ccccc1. The summed E-state index contributed by atoms with van der Waals surface area (Å²) in [7, 11) is 0. The zero-order chi connectivity index (χ0) is 16.7. The molecular weight excluding hydrogens is 298 g/mol. The molecule has 0 radical (unpaired) electrons. The van der Waals surface area contributed by atoms with Crippen molar-refractivity contribution in [3.05, 3.63) is 77.3 Å². The van der Waals surface area contributed by atoms with Gasteiger partial charge >= 0.3 is 0 Å². The number of nitrogens with zero attached hydrogens (tertiary/aromatic N) is 1. The normalized spacial score (nSPS) is 21.0. The summed E-state index contributed by atoms with van der Waals surface area (Å²) in [5.74, 6) is 0.964. The molecule has 1 aromatic heterocycles. The number of amides is 1. The van der Waals surface area contributed by atoms with E-state index in [9.17, 15) is 4.79 Å². The fraction of sp³-hybridized carbons (Fsp3) is 0.250. The summed E-state index contributed by atoms with van der Waals surface area (Å²) >= 11 is 0. The molecule has 24 heavy (non-hydrogen) atoms. The van der Waals surface area contributed by atoms with E-state index in [2.05, 4.69) is 33.6 Å². The smallest absolute Gasteiger partial charge is 0.271 e. The molecule has 0 spiro atoms. The molecule has 2 N–H and O–H groups in total. The van der Waals surface area contributed by atoms with E-state index in [1.54, 1.807) is 0 Å². The number of hydrogen-bond donors (Lipinski definition) is 2. The largest absolute Gasteiger partial charge is 0.318 e. The van der Waals surface area contributed by atoms with Crippen LogP contribution in [0.25, 0.3) is 5.69 Å². The highest BCUT2D eigenvalue weighted by molar-refractivity contribution is 5.95. The number of rotatable bonds is 4. The van der Waals surface area contributed by atoms with Crippen molar-refractivity contribution >= 4 is 5.91 Å². The van der Waals surface area contributed by atoms with E-state index >= 15 is 0 Å². The van der Waals surface area contributed by atoms with Crippen LogP contribution in [0.1, 0.15) is 28.2 Å². The third-order valence-corrected chi connectivity index (χ3v) is 4.98. The molecule has 0 aliphatic heterocycles. The van der Waals surface area contributed by atoms with Gasteiger partial charge < -0.3 is 9.99 Å². The van der Waals surface area contributed by atoms with Crippen LogP contribution in [-0.4, -0.2) is 10.5 Å². The fourth-order valence-corrected chi connectivity index (χ4v) is 3.69. The van der Waals surface area contributed by atoms with Crippen LogP contribution in [0, 0.1) is 25.7 Å². The Morgan fingerprint density at radius 2 is 2.00 bits per heavy atom. The average molecular weight is 319 g/mol. The molecular formula is C20H21N3O. The van der Waals surface area contributed by atoms with Gasteiger partial charge in [-0.2, -0.15) is 0 Å². The summed E-state index contributed by atoms with van der Waals surface area (Å²) < 4.78 is 2.10. The van der Waals surface area contributed by atoms with Crippen molar-refractivity contribution in [1.82, 2.24) is 15.4 Å². The maximum absolute atomic E-state index is 12.6. The van der Waals surface area contributed by atoms with Gasteiger partial charge in [0.05, 0.1) is 5.56 Å². The highest BCUT2D eigenvalue weighted by Crippen LogP contribution is 2.39. The van der Waals surface area contributed by atoms with Gasteiger partial charge in [-0.1, -0.05) is 36.4 Å². The first-order valence-electron chi connectivity index (χ1n) is 8.34. The fourth-order valence-electron chi connectivity index (χ4n) is 3.69. The Morgan fingerprint density at radius 1 is 1.21 bits per heavy atom. The molecule has 0 unspecified atom stereocenters. The molecule has 2 aliphatic carbocycles. The van der Waals surface area contributed by atoms with Crippen molar-refractivity contribution in [2.45, 2.75) is 20.3 Å². The minimum absolute atomic E-state index is 0.100. The van der Waals surface area contributed by atoms with Gasteiger partial charge in [0.2, 0.25) is 0 Å². The van der Waals surface area contributed by atoms with E-state index in [1.807, 2.05) is 50.2 Å². The van der Waals surface area contributed by atoms with Crippen molar-refractivity contribution < 1.29 is 4.79 Å². The number of benzene rings is 1. The minimum Gasteiger partial charge on any atom is -0.318 e. The zero-order valence-electron chi connectivity index (χ0n) is 13.9. The van der Waals surface area contributed by atoms with E-state index in [4.69, 9.17) is 0 Å². The Bertz CT molecular complexity index is 845. The average Bonchev–Trinajstić information content (AvgIpc) is 3.08. The third kappa shape index (κ3) is 2.35. The number of hydrazine groups is 1. The van der Waals surface area contributed by atoms with E-state index in [1.165, 1.54) is 0 Å². The standard InChI is InChI=1S/C20H21N3O/c1-13-11-18(14(2)23(13)16-8-4-3-5-9-16)20(24)22-21-19-12-15-7-6-10-17(15)19/h3-6,8-12,15,17,21H,7H2,1-2H3,(H,22,24)/t15-,17-/m0/s1. The summed E-state index contributed by atoms with van der Waals surface area (Å²) in [4.78, 5) is 12.6. The summed E-state index contributed by atoms with van der Waals surface area (Å²) in [6.07, 6.45) is 7.72. The first-order chi connectivity index (χ1) is 11.6. The Hall–Kier alpha value is -2.75. The van der Waals surface area contributed by atoms with Crippen LogP contribution in [-0.2, 0) is 0 Å². The maximum atomic E-state index is 12.6. The highest BCUT2D eigenvalue weighted by Gasteiger charge is 2.33.